The predicted octanol–water partition coefficient (Wildman–Crippen LogP) is 3.59. The lowest BCUT2D eigenvalue weighted by Crippen LogP contribution is -2.11. The Hall–Kier alpha value is -3.33. The van der Waals surface area contributed by atoms with Crippen molar-refractivity contribution in [3.8, 4) is 17.4 Å². The number of nitrogens with zero attached hydrogens (tertiary/aromatic N) is 1. The van der Waals surface area contributed by atoms with Crippen LogP contribution in [-0.2, 0) is 14.3 Å². The molecule has 0 spiro atoms. The summed E-state index contributed by atoms with van der Waals surface area (Å²) in [5.74, 6) is -0.229. The average Bonchev–Trinajstić information content (AvgIpc) is 3.07. The standard InChI is InChI=1S/C19H17NO5/c1-12(2)24-19(22)14-6-4-13(5-7-14)17-9-8-16(25-17)10-15(11-20)18(21)23-3/h4-10,12H,1-3H3/b15-10+. The summed E-state index contributed by atoms with van der Waals surface area (Å²) in [6.07, 6.45) is 1.12. The Bertz CT molecular complexity index is 837. The van der Waals surface area contributed by atoms with Gasteiger partial charge >= 0.3 is 11.9 Å². The van der Waals surface area contributed by atoms with Gasteiger partial charge in [-0.3, -0.25) is 0 Å². The van der Waals surface area contributed by atoms with E-state index in [4.69, 9.17) is 14.4 Å². The number of benzene rings is 1. The first kappa shape index (κ1) is 18.0. The van der Waals surface area contributed by atoms with Gasteiger partial charge in [0.2, 0.25) is 0 Å². The maximum Gasteiger partial charge on any atom is 0.348 e. The molecule has 0 fully saturated rings. The molecule has 2 rings (SSSR count). The molecule has 0 saturated carbocycles. The Morgan fingerprint density at radius 3 is 2.40 bits per heavy atom. The predicted molar refractivity (Wildman–Crippen MR) is 90.3 cm³/mol. The van der Waals surface area contributed by atoms with E-state index in [0.717, 1.165) is 5.56 Å². The summed E-state index contributed by atoms with van der Waals surface area (Å²) in [5.41, 5.74) is 1.04. The van der Waals surface area contributed by atoms with E-state index < -0.39 is 5.97 Å². The Balaban J connectivity index is 2.20. The summed E-state index contributed by atoms with van der Waals surface area (Å²) < 4.78 is 15.3. The molecule has 128 valence electrons. The van der Waals surface area contributed by atoms with Crippen LogP contribution in [0.2, 0.25) is 0 Å². The molecule has 0 aliphatic heterocycles. The van der Waals surface area contributed by atoms with E-state index in [9.17, 15) is 9.59 Å². The first-order chi connectivity index (χ1) is 11.9. The minimum Gasteiger partial charge on any atom is -0.465 e. The van der Waals surface area contributed by atoms with E-state index in [2.05, 4.69) is 4.74 Å². The van der Waals surface area contributed by atoms with Gasteiger partial charge in [-0.1, -0.05) is 12.1 Å². The number of furan rings is 1. The second-order valence-electron chi connectivity index (χ2n) is 5.39. The third-order valence-corrected chi connectivity index (χ3v) is 3.19. The fourth-order valence-corrected chi connectivity index (χ4v) is 2.03. The van der Waals surface area contributed by atoms with Crippen molar-refractivity contribution in [1.82, 2.24) is 0 Å². The zero-order valence-corrected chi connectivity index (χ0v) is 14.1. The van der Waals surface area contributed by atoms with Crippen molar-refractivity contribution in [1.29, 1.82) is 5.26 Å². The van der Waals surface area contributed by atoms with E-state index in [0.29, 0.717) is 17.1 Å². The highest BCUT2D eigenvalue weighted by Crippen LogP contribution is 2.24. The summed E-state index contributed by atoms with van der Waals surface area (Å²) in [6, 6.07) is 11.9. The number of hydrogen-bond acceptors (Lipinski definition) is 6. The van der Waals surface area contributed by atoms with Crippen molar-refractivity contribution in [2.24, 2.45) is 0 Å². The maximum atomic E-state index is 11.8. The van der Waals surface area contributed by atoms with Gasteiger partial charge in [0.1, 0.15) is 23.2 Å². The highest BCUT2D eigenvalue weighted by atomic mass is 16.5. The number of carbonyl (C=O) groups is 2. The summed E-state index contributed by atoms with van der Waals surface area (Å²) in [6.45, 7) is 3.57. The molecule has 1 aromatic heterocycles. The Labute approximate surface area is 145 Å². The molecule has 0 atom stereocenters. The van der Waals surface area contributed by atoms with Gasteiger partial charge in [0, 0.05) is 11.6 Å². The third kappa shape index (κ3) is 4.58. The zero-order valence-electron chi connectivity index (χ0n) is 14.1. The van der Waals surface area contributed by atoms with Crippen molar-refractivity contribution >= 4 is 18.0 Å². The van der Waals surface area contributed by atoms with Crippen LogP contribution in [-0.4, -0.2) is 25.2 Å². The van der Waals surface area contributed by atoms with E-state index in [-0.39, 0.29) is 17.6 Å². The third-order valence-electron chi connectivity index (χ3n) is 3.19. The average molecular weight is 339 g/mol. The van der Waals surface area contributed by atoms with Crippen molar-refractivity contribution in [3.05, 3.63) is 53.3 Å². The Morgan fingerprint density at radius 1 is 1.16 bits per heavy atom. The number of nitriles is 1. The fourth-order valence-electron chi connectivity index (χ4n) is 2.03. The monoisotopic (exact) mass is 339 g/mol. The lowest BCUT2D eigenvalue weighted by molar-refractivity contribution is -0.135. The lowest BCUT2D eigenvalue weighted by atomic mass is 10.1. The smallest absolute Gasteiger partial charge is 0.348 e. The van der Waals surface area contributed by atoms with Crippen molar-refractivity contribution < 1.29 is 23.5 Å². The number of hydrogen-bond donors (Lipinski definition) is 0. The van der Waals surface area contributed by atoms with Crippen LogP contribution in [0.3, 0.4) is 0 Å². The van der Waals surface area contributed by atoms with Gasteiger partial charge in [0.25, 0.3) is 0 Å². The quantitative estimate of drug-likeness (QED) is 0.470. The largest absolute Gasteiger partial charge is 0.465 e. The molecule has 0 radical (unpaired) electrons. The van der Waals surface area contributed by atoms with E-state index in [1.54, 1.807) is 56.3 Å². The molecule has 0 amide bonds. The van der Waals surface area contributed by atoms with E-state index >= 15 is 0 Å². The van der Waals surface area contributed by atoms with Crippen LogP contribution >= 0.6 is 0 Å². The second-order valence-corrected chi connectivity index (χ2v) is 5.39. The number of esters is 2. The van der Waals surface area contributed by atoms with E-state index in [1.807, 2.05) is 0 Å². The van der Waals surface area contributed by atoms with Gasteiger partial charge in [-0.05, 0) is 38.1 Å². The molecule has 0 bridgehead atoms. The van der Waals surface area contributed by atoms with Gasteiger partial charge in [-0.15, -0.1) is 0 Å². The molecule has 1 aromatic carbocycles. The molecule has 0 aliphatic rings. The second kappa shape index (κ2) is 7.97. The van der Waals surface area contributed by atoms with Gasteiger partial charge < -0.3 is 13.9 Å². The summed E-state index contributed by atoms with van der Waals surface area (Å²) >= 11 is 0. The fraction of sp³-hybridized carbons (Fsp3) is 0.211. The minimum absolute atomic E-state index is 0.157. The molecule has 0 saturated heterocycles. The summed E-state index contributed by atoms with van der Waals surface area (Å²) in [4.78, 5) is 23.2. The highest BCUT2D eigenvalue weighted by molar-refractivity contribution is 5.97. The molecule has 25 heavy (non-hydrogen) atoms. The molecule has 1 heterocycles. The van der Waals surface area contributed by atoms with E-state index in [1.165, 1.54) is 13.2 Å². The van der Waals surface area contributed by atoms with Gasteiger partial charge in [0.05, 0.1) is 18.8 Å². The Morgan fingerprint density at radius 2 is 1.84 bits per heavy atom. The first-order valence-electron chi connectivity index (χ1n) is 7.56. The van der Waals surface area contributed by atoms with Gasteiger partial charge in [-0.25, -0.2) is 9.59 Å². The SMILES string of the molecule is COC(=O)/C(C#N)=C/c1ccc(-c2ccc(C(=O)OC(C)C)cc2)o1. The van der Waals surface area contributed by atoms with Crippen molar-refractivity contribution in [3.63, 3.8) is 0 Å². The molecule has 6 heteroatoms. The number of rotatable bonds is 5. The zero-order chi connectivity index (χ0) is 18.4. The number of ether oxygens (including phenoxy) is 2. The molecule has 0 N–H and O–H groups in total. The van der Waals surface area contributed by atoms with Crippen LogP contribution in [0, 0.1) is 11.3 Å². The van der Waals surface area contributed by atoms with Crippen molar-refractivity contribution in [2.45, 2.75) is 20.0 Å². The number of methoxy groups -OCH3 is 1. The highest BCUT2D eigenvalue weighted by Gasteiger charge is 2.12. The molecule has 2 aromatic rings. The molecular weight excluding hydrogens is 322 g/mol. The molecule has 0 unspecified atom stereocenters. The molecule has 0 aliphatic carbocycles. The van der Waals surface area contributed by atoms with Crippen LogP contribution in [0.25, 0.3) is 17.4 Å². The van der Waals surface area contributed by atoms with Crippen LogP contribution in [0.1, 0.15) is 30.0 Å². The minimum atomic E-state index is -0.728. The first-order valence-corrected chi connectivity index (χ1v) is 7.56. The van der Waals surface area contributed by atoms with Crippen LogP contribution in [0.5, 0.6) is 0 Å². The Kier molecular flexibility index (Phi) is 5.75. The van der Waals surface area contributed by atoms with Crippen LogP contribution in [0.15, 0.2) is 46.4 Å². The summed E-state index contributed by atoms with van der Waals surface area (Å²) in [7, 11) is 1.20. The van der Waals surface area contributed by atoms with Gasteiger partial charge in [0.15, 0.2) is 0 Å². The van der Waals surface area contributed by atoms with Crippen LogP contribution in [0.4, 0.5) is 0 Å². The maximum absolute atomic E-state index is 11.8. The van der Waals surface area contributed by atoms with Gasteiger partial charge in [-0.2, -0.15) is 5.26 Å². The van der Waals surface area contributed by atoms with Crippen LogP contribution < -0.4 is 0 Å². The topological polar surface area (TPSA) is 89.5 Å². The molecule has 6 nitrogen and oxygen atoms in total. The van der Waals surface area contributed by atoms with Crippen molar-refractivity contribution in [2.75, 3.05) is 7.11 Å². The summed E-state index contributed by atoms with van der Waals surface area (Å²) in [5, 5.41) is 8.95. The molecular formula is C19H17NO5. The lowest BCUT2D eigenvalue weighted by Gasteiger charge is -2.07. The number of carbonyl (C=O) groups excluding carboxylic acids is 2. The normalized spacial score (nSPS) is 11.1.